The molecular weight excluding hydrogens is 244 g/mol. The lowest BCUT2D eigenvalue weighted by molar-refractivity contribution is -0.384. The molecule has 1 heterocycles. The van der Waals surface area contributed by atoms with Crippen LogP contribution in [0.15, 0.2) is 36.5 Å². The molecule has 2 aromatic rings. The monoisotopic (exact) mass is 258 g/mol. The Labute approximate surface area is 110 Å². The molecule has 0 atom stereocenters. The molecule has 2 rings (SSSR count). The first-order valence-electron chi connectivity index (χ1n) is 6.03. The summed E-state index contributed by atoms with van der Waals surface area (Å²) in [5.74, 6) is 0.409. The molecular formula is C13H14N4O2. The summed E-state index contributed by atoms with van der Waals surface area (Å²) in [6, 6.07) is 9.07. The molecule has 1 aromatic heterocycles. The van der Waals surface area contributed by atoms with Crippen LogP contribution in [0.1, 0.15) is 13.3 Å². The smallest absolute Gasteiger partial charge is 0.313 e. The molecule has 0 aliphatic carbocycles. The maximum Gasteiger partial charge on any atom is 0.313 e. The van der Waals surface area contributed by atoms with E-state index in [1.54, 1.807) is 12.1 Å². The molecule has 6 nitrogen and oxygen atoms in total. The number of rotatable bonds is 5. The molecule has 0 amide bonds. The van der Waals surface area contributed by atoms with Gasteiger partial charge in [0.15, 0.2) is 5.69 Å². The molecule has 0 aliphatic rings. The second kappa shape index (κ2) is 5.90. The van der Waals surface area contributed by atoms with Crippen LogP contribution in [0, 0.1) is 10.1 Å². The van der Waals surface area contributed by atoms with E-state index < -0.39 is 4.92 Å². The largest absolute Gasteiger partial charge is 0.354 e. The molecule has 98 valence electrons. The molecule has 0 saturated heterocycles. The summed E-state index contributed by atoms with van der Waals surface area (Å²) in [4.78, 5) is 18.8. The fraction of sp³-hybridized carbons (Fsp3) is 0.231. The van der Waals surface area contributed by atoms with Crippen LogP contribution >= 0.6 is 0 Å². The lowest BCUT2D eigenvalue weighted by Crippen LogP contribution is -2.06. The van der Waals surface area contributed by atoms with Gasteiger partial charge in [-0.1, -0.05) is 37.3 Å². The van der Waals surface area contributed by atoms with Crippen LogP contribution in [-0.2, 0) is 0 Å². The number of hydrogen-bond donors (Lipinski definition) is 1. The van der Waals surface area contributed by atoms with Crippen molar-refractivity contribution in [2.45, 2.75) is 13.3 Å². The fourth-order valence-electron chi connectivity index (χ4n) is 1.64. The standard InChI is InChI=1S/C13H14N4O2/c1-2-8-14-13-15-9-11(17(18)19)12(16-13)10-6-4-3-5-7-10/h3-7,9H,2,8H2,1H3,(H,14,15,16). The first-order valence-corrected chi connectivity index (χ1v) is 6.03. The molecule has 0 radical (unpaired) electrons. The minimum absolute atomic E-state index is 0.0896. The highest BCUT2D eigenvalue weighted by Crippen LogP contribution is 2.27. The number of hydrogen-bond acceptors (Lipinski definition) is 5. The maximum absolute atomic E-state index is 11.0. The van der Waals surface area contributed by atoms with E-state index in [-0.39, 0.29) is 5.69 Å². The lowest BCUT2D eigenvalue weighted by Gasteiger charge is -2.06. The Morgan fingerprint density at radius 1 is 1.32 bits per heavy atom. The first kappa shape index (κ1) is 12.9. The quantitative estimate of drug-likeness (QED) is 0.658. The molecule has 0 spiro atoms. The van der Waals surface area contributed by atoms with E-state index in [4.69, 9.17) is 0 Å². The summed E-state index contributed by atoms with van der Waals surface area (Å²) in [5, 5.41) is 14.1. The Morgan fingerprint density at radius 2 is 2.05 bits per heavy atom. The van der Waals surface area contributed by atoms with E-state index in [0.29, 0.717) is 17.2 Å². The topological polar surface area (TPSA) is 81.0 Å². The average molecular weight is 258 g/mol. The summed E-state index contributed by atoms with van der Waals surface area (Å²) in [6.07, 6.45) is 2.17. The van der Waals surface area contributed by atoms with Crippen LogP contribution in [-0.4, -0.2) is 21.4 Å². The van der Waals surface area contributed by atoms with E-state index in [9.17, 15) is 10.1 Å². The third kappa shape index (κ3) is 3.04. The van der Waals surface area contributed by atoms with E-state index in [2.05, 4.69) is 15.3 Å². The van der Waals surface area contributed by atoms with Crippen LogP contribution in [0.3, 0.4) is 0 Å². The highest BCUT2D eigenvalue weighted by Gasteiger charge is 2.18. The Kier molecular flexibility index (Phi) is 4.02. The highest BCUT2D eigenvalue weighted by molar-refractivity contribution is 5.69. The van der Waals surface area contributed by atoms with Crippen molar-refractivity contribution in [1.29, 1.82) is 0 Å². The maximum atomic E-state index is 11.0. The third-order valence-electron chi connectivity index (χ3n) is 2.55. The first-order chi connectivity index (χ1) is 9.22. The summed E-state index contributed by atoms with van der Waals surface area (Å²) >= 11 is 0. The van der Waals surface area contributed by atoms with Crippen LogP contribution in [0.5, 0.6) is 0 Å². The van der Waals surface area contributed by atoms with Gasteiger partial charge in [0.05, 0.1) is 4.92 Å². The van der Waals surface area contributed by atoms with Gasteiger partial charge in [-0.25, -0.2) is 9.97 Å². The number of nitrogens with one attached hydrogen (secondary N) is 1. The van der Waals surface area contributed by atoms with E-state index >= 15 is 0 Å². The molecule has 19 heavy (non-hydrogen) atoms. The van der Waals surface area contributed by atoms with Crippen LogP contribution in [0.2, 0.25) is 0 Å². The van der Waals surface area contributed by atoms with Crippen molar-refractivity contribution in [2.75, 3.05) is 11.9 Å². The average Bonchev–Trinajstić information content (AvgIpc) is 2.45. The summed E-state index contributed by atoms with van der Waals surface area (Å²) in [6.45, 7) is 2.75. The van der Waals surface area contributed by atoms with Crippen molar-refractivity contribution in [3.63, 3.8) is 0 Å². The van der Waals surface area contributed by atoms with Gasteiger partial charge >= 0.3 is 5.69 Å². The number of nitro groups is 1. The molecule has 6 heteroatoms. The number of aromatic nitrogens is 2. The van der Waals surface area contributed by atoms with Gasteiger partial charge in [0.2, 0.25) is 5.95 Å². The molecule has 0 fully saturated rings. The van der Waals surface area contributed by atoms with Crippen LogP contribution < -0.4 is 5.32 Å². The number of nitrogens with zero attached hydrogens (tertiary/aromatic N) is 3. The Morgan fingerprint density at radius 3 is 2.68 bits per heavy atom. The molecule has 0 saturated carbocycles. The third-order valence-corrected chi connectivity index (χ3v) is 2.55. The van der Waals surface area contributed by atoms with E-state index in [1.807, 2.05) is 25.1 Å². The number of anilines is 1. The summed E-state index contributed by atoms with van der Waals surface area (Å²) in [5.41, 5.74) is 0.948. The lowest BCUT2D eigenvalue weighted by atomic mass is 10.1. The predicted molar refractivity (Wildman–Crippen MR) is 72.9 cm³/mol. The van der Waals surface area contributed by atoms with Crippen molar-refractivity contribution in [3.05, 3.63) is 46.6 Å². The predicted octanol–water partition coefficient (Wildman–Crippen LogP) is 2.87. The van der Waals surface area contributed by atoms with Crippen molar-refractivity contribution >= 4 is 11.6 Å². The molecule has 1 aromatic carbocycles. The van der Waals surface area contributed by atoms with Gasteiger partial charge in [-0.15, -0.1) is 0 Å². The van der Waals surface area contributed by atoms with Crippen molar-refractivity contribution in [3.8, 4) is 11.3 Å². The molecule has 0 aliphatic heterocycles. The molecule has 0 unspecified atom stereocenters. The van der Waals surface area contributed by atoms with Gasteiger partial charge in [0.25, 0.3) is 0 Å². The Bertz CT molecular complexity index is 572. The minimum atomic E-state index is -0.466. The van der Waals surface area contributed by atoms with Gasteiger partial charge in [0, 0.05) is 12.1 Å². The van der Waals surface area contributed by atoms with E-state index in [0.717, 1.165) is 13.0 Å². The Balaban J connectivity index is 2.45. The van der Waals surface area contributed by atoms with Gasteiger partial charge in [-0.2, -0.15) is 0 Å². The Hall–Kier alpha value is -2.50. The molecule has 0 bridgehead atoms. The fourth-order valence-corrected chi connectivity index (χ4v) is 1.64. The van der Waals surface area contributed by atoms with Crippen molar-refractivity contribution in [1.82, 2.24) is 9.97 Å². The van der Waals surface area contributed by atoms with Gasteiger partial charge in [-0.05, 0) is 6.42 Å². The van der Waals surface area contributed by atoms with E-state index in [1.165, 1.54) is 6.20 Å². The van der Waals surface area contributed by atoms with Crippen LogP contribution in [0.4, 0.5) is 11.6 Å². The second-order valence-corrected chi connectivity index (χ2v) is 3.98. The van der Waals surface area contributed by atoms with Gasteiger partial charge in [0.1, 0.15) is 6.20 Å². The SMILES string of the molecule is CCCNc1ncc([N+](=O)[O-])c(-c2ccccc2)n1. The molecule has 1 N–H and O–H groups in total. The zero-order valence-corrected chi connectivity index (χ0v) is 10.5. The minimum Gasteiger partial charge on any atom is -0.354 e. The number of benzene rings is 1. The highest BCUT2D eigenvalue weighted by atomic mass is 16.6. The zero-order chi connectivity index (χ0) is 13.7. The summed E-state index contributed by atoms with van der Waals surface area (Å²) in [7, 11) is 0. The normalized spacial score (nSPS) is 10.2. The van der Waals surface area contributed by atoms with Crippen molar-refractivity contribution in [2.24, 2.45) is 0 Å². The zero-order valence-electron chi connectivity index (χ0n) is 10.5. The summed E-state index contributed by atoms with van der Waals surface area (Å²) < 4.78 is 0. The van der Waals surface area contributed by atoms with Crippen LogP contribution in [0.25, 0.3) is 11.3 Å². The van der Waals surface area contributed by atoms with Gasteiger partial charge in [-0.3, -0.25) is 10.1 Å². The second-order valence-electron chi connectivity index (χ2n) is 3.98. The van der Waals surface area contributed by atoms with Crippen molar-refractivity contribution < 1.29 is 4.92 Å². The van der Waals surface area contributed by atoms with Gasteiger partial charge < -0.3 is 5.32 Å².